The fourth-order valence-corrected chi connectivity index (χ4v) is 16.3. The smallest absolute Gasteiger partial charge is 0.329 e. The normalized spacial score (nSPS) is 36.5. The summed E-state index contributed by atoms with van der Waals surface area (Å²) in [5, 5.41) is 14.8. The van der Waals surface area contributed by atoms with Crippen LogP contribution in [0.3, 0.4) is 0 Å². The van der Waals surface area contributed by atoms with Crippen LogP contribution in [-0.2, 0) is 22.6 Å². The molecule has 0 radical (unpaired) electrons. The Hall–Kier alpha value is -0.746. The second-order valence-electron chi connectivity index (χ2n) is 10.1. The van der Waals surface area contributed by atoms with E-state index in [9.17, 15) is 0 Å². The first-order chi connectivity index (χ1) is 14.4. The first kappa shape index (κ1) is 26.5. The van der Waals surface area contributed by atoms with Crippen molar-refractivity contribution in [1.82, 2.24) is 0 Å². The van der Waals surface area contributed by atoms with Gasteiger partial charge in [-0.2, -0.15) is 0 Å². The molecule has 4 rings (SSSR count). The molecular weight excluding hydrogens is 432 g/mol. The topological polar surface area (TPSA) is 102 Å². The fourth-order valence-electron chi connectivity index (χ4n) is 6.71. The molecule has 4 aliphatic rings. The Morgan fingerprint density at radius 1 is 0.710 bits per heavy atom. The third kappa shape index (κ3) is 6.63. The molecule has 4 bridgehead atoms. The van der Waals surface area contributed by atoms with Crippen molar-refractivity contribution < 1.29 is 32.8 Å². The van der Waals surface area contributed by atoms with Gasteiger partial charge >= 0.3 is 17.1 Å². The largest absolute Gasteiger partial charge is 0.481 e. The second-order valence-corrected chi connectivity index (χ2v) is 17.3. The molecule has 9 heteroatoms. The van der Waals surface area contributed by atoms with Crippen LogP contribution in [0.5, 0.6) is 0 Å². The summed E-state index contributed by atoms with van der Waals surface area (Å²) in [4.78, 5) is 18.0. The zero-order valence-electron chi connectivity index (χ0n) is 20.1. The summed E-state index contributed by atoms with van der Waals surface area (Å²) >= 11 is 0. The Morgan fingerprint density at radius 2 is 1.03 bits per heavy atom. The minimum Gasteiger partial charge on any atom is -0.481 e. The van der Waals surface area contributed by atoms with Gasteiger partial charge in [0.25, 0.3) is 11.9 Å². The molecule has 4 saturated carbocycles. The first-order valence-corrected chi connectivity index (χ1v) is 16.4. The lowest BCUT2D eigenvalue weighted by Gasteiger charge is -2.45. The molecule has 0 saturated heterocycles. The Kier molecular flexibility index (Phi) is 9.33. The predicted octanol–water partition coefficient (Wildman–Crippen LogP) is 5.00. The third-order valence-electron chi connectivity index (χ3n) is 8.04. The minimum absolute atomic E-state index is 0.701. The van der Waals surface area contributed by atoms with Crippen LogP contribution in [0.2, 0.25) is 24.2 Å². The molecule has 4 aliphatic carbocycles. The lowest BCUT2D eigenvalue weighted by atomic mass is 10.0. The summed E-state index contributed by atoms with van der Waals surface area (Å²) in [6.45, 7) is 6.85. The Labute approximate surface area is 189 Å². The lowest BCUT2D eigenvalue weighted by molar-refractivity contribution is -0.135. The molecule has 8 unspecified atom stereocenters. The first-order valence-electron chi connectivity index (χ1n) is 11.6. The second kappa shape index (κ2) is 10.9. The summed E-state index contributed by atoms with van der Waals surface area (Å²) in [5.41, 5.74) is 1.40. The average Bonchev–Trinajstić information content (AvgIpc) is 3.47. The third-order valence-corrected chi connectivity index (χ3v) is 17.0. The van der Waals surface area contributed by atoms with Crippen molar-refractivity contribution in [3.05, 3.63) is 0 Å². The van der Waals surface area contributed by atoms with Crippen molar-refractivity contribution in [2.24, 2.45) is 23.7 Å². The van der Waals surface area contributed by atoms with Crippen LogP contribution in [0.1, 0.15) is 65.2 Å². The van der Waals surface area contributed by atoms with Crippen LogP contribution in [-0.4, -0.2) is 53.5 Å². The number of carboxylic acid groups (broad SMARTS) is 2. The van der Waals surface area contributed by atoms with Crippen LogP contribution in [0, 0.1) is 23.7 Å². The van der Waals surface area contributed by atoms with Crippen LogP contribution in [0.4, 0.5) is 0 Å². The highest BCUT2D eigenvalue weighted by Gasteiger charge is 2.59. The Bertz CT molecular complexity index is 573. The van der Waals surface area contributed by atoms with E-state index in [2.05, 4.69) is 13.1 Å². The van der Waals surface area contributed by atoms with Gasteiger partial charge in [0.1, 0.15) is 0 Å². The van der Waals surface area contributed by atoms with E-state index in [4.69, 9.17) is 32.8 Å². The molecule has 8 atom stereocenters. The maximum atomic E-state index is 9.00. The highest BCUT2D eigenvalue weighted by Crippen LogP contribution is 2.59. The molecule has 2 N–H and O–H groups in total. The van der Waals surface area contributed by atoms with Gasteiger partial charge in [-0.1, -0.05) is 25.7 Å². The molecule has 0 aromatic rings. The molecule has 180 valence electrons. The molecule has 0 heterocycles. The monoisotopic (exact) mass is 474 g/mol. The zero-order chi connectivity index (χ0) is 23.4. The molecular formula is C22H42O7Si2. The number of hydrogen-bond acceptors (Lipinski definition) is 5. The van der Waals surface area contributed by atoms with Crippen LogP contribution < -0.4 is 0 Å². The van der Waals surface area contributed by atoms with Crippen LogP contribution >= 0.6 is 0 Å². The van der Waals surface area contributed by atoms with Gasteiger partial charge in [0.15, 0.2) is 0 Å². The van der Waals surface area contributed by atoms with E-state index in [1.54, 1.807) is 0 Å². The van der Waals surface area contributed by atoms with Crippen LogP contribution in [0.25, 0.3) is 0 Å². The summed E-state index contributed by atoms with van der Waals surface area (Å²) in [5.74, 6) is 1.97. The van der Waals surface area contributed by atoms with E-state index < -0.39 is 29.1 Å². The van der Waals surface area contributed by atoms with Gasteiger partial charge in [0.05, 0.1) is 0 Å². The van der Waals surface area contributed by atoms with Crippen molar-refractivity contribution in [1.29, 1.82) is 0 Å². The molecule has 0 aromatic carbocycles. The van der Waals surface area contributed by atoms with Gasteiger partial charge in [0, 0.05) is 39.1 Å². The highest BCUT2D eigenvalue weighted by molar-refractivity contribution is 6.81. The number of carboxylic acids is 2. The fraction of sp³-hybridized carbons (Fsp3) is 0.909. The van der Waals surface area contributed by atoms with E-state index in [1.165, 1.54) is 51.4 Å². The van der Waals surface area contributed by atoms with Crippen molar-refractivity contribution in [3.8, 4) is 0 Å². The van der Waals surface area contributed by atoms with Crippen molar-refractivity contribution in [2.45, 2.75) is 89.4 Å². The maximum Gasteiger partial charge on any atom is 0.329 e. The van der Waals surface area contributed by atoms with Gasteiger partial charge in [0.2, 0.25) is 0 Å². The van der Waals surface area contributed by atoms with Gasteiger partial charge < -0.3 is 23.2 Å². The van der Waals surface area contributed by atoms with Gasteiger partial charge in [-0.15, -0.1) is 0 Å². The molecule has 0 aromatic heterocycles. The number of rotatable bonds is 6. The standard InChI is InChI=1S/C18H34O3Si2.2C2H4O2/c1-19-22(3,17-11-13-5-7-15(17)9-13)21-23(4,20-2)18-12-14-6-8-16(18)10-14;2*1-2(3)4/h13-18H,5-12H2,1-4H3;2*1H3,(H,3,4). The van der Waals surface area contributed by atoms with Crippen LogP contribution in [0.15, 0.2) is 0 Å². The van der Waals surface area contributed by atoms with Crippen molar-refractivity contribution >= 4 is 29.1 Å². The number of carbonyl (C=O) groups is 2. The zero-order valence-corrected chi connectivity index (χ0v) is 22.1. The maximum absolute atomic E-state index is 9.00. The van der Waals surface area contributed by atoms with Crippen molar-refractivity contribution in [3.63, 3.8) is 0 Å². The summed E-state index contributed by atoms with van der Waals surface area (Å²) < 4.78 is 19.4. The summed E-state index contributed by atoms with van der Waals surface area (Å²) in [6.07, 6.45) is 11.3. The van der Waals surface area contributed by atoms with Gasteiger partial charge in [-0.05, 0) is 62.4 Å². The Balaban J connectivity index is 0.000000370. The Morgan fingerprint density at radius 3 is 1.23 bits per heavy atom. The van der Waals surface area contributed by atoms with E-state index in [0.29, 0.717) is 11.1 Å². The highest BCUT2D eigenvalue weighted by atomic mass is 28.5. The van der Waals surface area contributed by atoms with Gasteiger partial charge in [-0.3, -0.25) is 9.59 Å². The quantitative estimate of drug-likeness (QED) is 0.522. The molecule has 0 spiro atoms. The molecule has 0 aliphatic heterocycles. The van der Waals surface area contributed by atoms with Crippen molar-refractivity contribution in [2.75, 3.05) is 14.2 Å². The number of aliphatic carboxylic acids is 2. The number of hydrogen-bond donors (Lipinski definition) is 2. The van der Waals surface area contributed by atoms with Gasteiger partial charge in [-0.25, -0.2) is 0 Å². The van der Waals surface area contributed by atoms with E-state index >= 15 is 0 Å². The summed E-state index contributed by atoms with van der Waals surface area (Å²) in [6, 6.07) is 0. The molecule has 0 amide bonds. The number of fused-ring (bicyclic) bond motifs is 4. The van der Waals surface area contributed by atoms with E-state index in [0.717, 1.165) is 37.5 Å². The average molecular weight is 475 g/mol. The SMILES string of the molecule is CC(=O)O.CC(=O)O.CO[Si](C)(O[Si](C)(OC)C1CC2CCC1C2)C1CC2CCC1C2. The molecule has 4 fully saturated rings. The van der Waals surface area contributed by atoms with E-state index in [-0.39, 0.29) is 0 Å². The molecule has 7 nitrogen and oxygen atoms in total. The minimum atomic E-state index is -2.16. The predicted molar refractivity (Wildman–Crippen MR) is 123 cm³/mol. The lowest BCUT2D eigenvalue weighted by Crippen LogP contribution is -2.57. The summed E-state index contributed by atoms with van der Waals surface area (Å²) in [7, 11) is -0.505. The van der Waals surface area contributed by atoms with E-state index in [1.807, 2.05) is 14.2 Å². The molecule has 31 heavy (non-hydrogen) atoms.